The van der Waals surface area contributed by atoms with Gasteiger partial charge in [0.15, 0.2) is 0 Å². The van der Waals surface area contributed by atoms with Crippen molar-refractivity contribution in [3.05, 3.63) is 87.3 Å². The first-order valence-corrected chi connectivity index (χ1v) is 17.6. The highest BCUT2D eigenvalue weighted by Gasteiger charge is 2.15. The average Bonchev–Trinajstić information content (AvgIpc) is 3.06. The molecule has 0 aliphatic heterocycles. The quantitative estimate of drug-likeness (QED) is 0.144. The van der Waals surface area contributed by atoms with E-state index < -0.39 is 0 Å². The van der Waals surface area contributed by atoms with Gasteiger partial charge in [0.2, 0.25) is 0 Å². The van der Waals surface area contributed by atoms with Crippen molar-refractivity contribution in [2.45, 2.75) is 133 Å². The number of nitrogens with zero attached hydrogens (tertiary/aromatic N) is 3. The first-order valence-electron chi connectivity index (χ1n) is 17.6. The second-order valence-corrected chi connectivity index (χ2v) is 12.1. The Hall–Kier alpha value is -3.33. The summed E-state index contributed by atoms with van der Waals surface area (Å²) < 4.78 is 0. The maximum atomic E-state index is 4.44. The SMILES string of the molecule is CCCc1nc(CC)nc(CCC)n1.CCc1cc2c3cc(CC)c(CC)cc3c3cc(CC)c(CC)cc3c2cc1CC. The van der Waals surface area contributed by atoms with Gasteiger partial charge >= 0.3 is 0 Å². The van der Waals surface area contributed by atoms with Crippen LogP contribution in [0.1, 0.15) is 126 Å². The zero-order chi connectivity index (χ0) is 31.8. The molecule has 44 heavy (non-hydrogen) atoms. The molecule has 1 heterocycles. The van der Waals surface area contributed by atoms with E-state index in [1.54, 1.807) is 0 Å². The summed E-state index contributed by atoms with van der Waals surface area (Å²) in [6.07, 6.45) is 11.6. The van der Waals surface area contributed by atoms with Crippen LogP contribution in [0.2, 0.25) is 0 Å². The summed E-state index contributed by atoms with van der Waals surface area (Å²) in [5, 5.41) is 8.64. The van der Waals surface area contributed by atoms with Crippen molar-refractivity contribution in [2.75, 3.05) is 0 Å². The Bertz CT molecular complexity index is 1420. The Morgan fingerprint density at radius 2 is 0.545 bits per heavy atom. The van der Waals surface area contributed by atoms with Crippen LogP contribution in [0.25, 0.3) is 32.3 Å². The standard InChI is InChI=1S/C30H36.C11H19N3/c1-7-19-13-25-26(14-20(19)8-2)28-16-22(10-4)24(12-6)18-30(28)29-17-23(11-5)21(9-3)15-27(25)29;1-4-7-10-12-9(6-3)13-11(14-10)8-5-2/h13-18H,7-12H2,1-6H3;4-8H2,1-3H3. The molecule has 3 nitrogen and oxygen atoms in total. The molecular weight excluding hydrogens is 534 g/mol. The highest BCUT2D eigenvalue weighted by Crippen LogP contribution is 2.39. The molecular formula is C41H55N3. The molecule has 0 saturated heterocycles. The molecule has 0 radical (unpaired) electrons. The zero-order valence-corrected chi connectivity index (χ0v) is 29.1. The number of hydrogen-bond donors (Lipinski definition) is 0. The van der Waals surface area contributed by atoms with E-state index in [9.17, 15) is 0 Å². The van der Waals surface area contributed by atoms with Crippen LogP contribution in [0.3, 0.4) is 0 Å². The van der Waals surface area contributed by atoms with E-state index in [2.05, 4.69) is 114 Å². The zero-order valence-electron chi connectivity index (χ0n) is 29.1. The van der Waals surface area contributed by atoms with Crippen molar-refractivity contribution in [1.82, 2.24) is 15.0 Å². The molecule has 234 valence electrons. The lowest BCUT2D eigenvalue weighted by molar-refractivity contribution is 0.722. The van der Waals surface area contributed by atoms with E-state index in [4.69, 9.17) is 0 Å². The molecule has 4 aromatic carbocycles. The lowest BCUT2D eigenvalue weighted by Gasteiger charge is -2.18. The molecule has 5 aromatic rings. The molecule has 0 spiro atoms. The van der Waals surface area contributed by atoms with Crippen molar-refractivity contribution in [2.24, 2.45) is 0 Å². The van der Waals surface area contributed by atoms with Gasteiger partial charge < -0.3 is 0 Å². The first kappa shape index (κ1) is 33.6. The fourth-order valence-electron chi connectivity index (χ4n) is 6.73. The Morgan fingerprint density at radius 3 is 0.727 bits per heavy atom. The number of aromatic nitrogens is 3. The predicted molar refractivity (Wildman–Crippen MR) is 192 cm³/mol. The maximum Gasteiger partial charge on any atom is 0.132 e. The minimum Gasteiger partial charge on any atom is -0.218 e. The maximum absolute atomic E-state index is 4.44. The summed E-state index contributed by atoms with van der Waals surface area (Å²) in [5.74, 6) is 2.86. The van der Waals surface area contributed by atoms with Gasteiger partial charge in [-0.15, -0.1) is 0 Å². The minimum absolute atomic E-state index is 0.899. The van der Waals surface area contributed by atoms with Gasteiger partial charge in [-0.25, -0.2) is 15.0 Å². The van der Waals surface area contributed by atoms with Gasteiger partial charge in [-0.3, -0.25) is 0 Å². The molecule has 0 fully saturated rings. The summed E-state index contributed by atoms with van der Waals surface area (Å²) in [7, 11) is 0. The van der Waals surface area contributed by atoms with Gasteiger partial charge in [-0.2, -0.15) is 0 Å². The number of fused-ring (bicyclic) bond motifs is 6. The van der Waals surface area contributed by atoms with Crippen LogP contribution in [-0.2, 0) is 57.8 Å². The van der Waals surface area contributed by atoms with Crippen LogP contribution in [0, 0.1) is 0 Å². The van der Waals surface area contributed by atoms with Crippen molar-refractivity contribution in [1.29, 1.82) is 0 Å². The third-order valence-electron chi connectivity index (χ3n) is 9.21. The Balaban J connectivity index is 0.000000265. The molecule has 3 heteroatoms. The molecule has 5 rings (SSSR count). The topological polar surface area (TPSA) is 38.7 Å². The van der Waals surface area contributed by atoms with Gasteiger partial charge in [0.05, 0.1) is 0 Å². The van der Waals surface area contributed by atoms with Crippen LogP contribution in [-0.4, -0.2) is 15.0 Å². The van der Waals surface area contributed by atoms with Gasteiger partial charge in [0.1, 0.15) is 17.5 Å². The third kappa shape index (κ3) is 6.98. The van der Waals surface area contributed by atoms with Crippen LogP contribution in [0.15, 0.2) is 36.4 Å². The summed E-state index contributed by atoms with van der Waals surface area (Å²) in [6.45, 7) is 20.1. The molecule has 0 aliphatic carbocycles. The molecule has 0 bridgehead atoms. The number of aryl methyl sites for hydroxylation is 9. The predicted octanol–water partition coefficient (Wildman–Crippen LogP) is 10.9. The van der Waals surface area contributed by atoms with E-state index in [-0.39, 0.29) is 0 Å². The molecule has 0 N–H and O–H groups in total. The highest BCUT2D eigenvalue weighted by molar-refractivity contribution is 6.26. The summed E-state index contributed by atoms with van der Waals surface area (Å²) in [6, 6.07) is 15.0. The second-order valence-electron chi connectivity index (χ2n) is 12.1. The summed E-state index contributed by atoms with van der Waals surface area (Å²) in [4.78, 5) is 13.2. The van der Waals surface area contributed by atoms with Gasteiger partial charge in [-0.05, 0) is 117 Å². The van der Waals surface area contributed by atoms with Crippen LogP contribution >= 0.6 is 0 Å². The fourth-order valence-corrected chi connectivity index (χ4v) is 6.73. The lowest BCUT2D eigenvalue weighted by Crippen LogP contribution is -2.07. The van der Waals surface area contributed by atoms with Crippen molar-refractivity contribution < 1.29 is 0 Å². The Morgan fingerprint density at radius 1 is 0.318 bits per heavy atom. The third-order valence-corrected chi connectivity index (χ3v) is 9.21. The fraction of sp³-hybridized carbons (Fsp3) is 0.488. The largest absolute Gasteiger partial charge is 0.218 e. The number of hydrogen-bond acceptors (Lipinski definition) is 3. The molecule has 1 aromatic heterocycles. The monoisotopic (exact) mass is 589 g/mol. The van der Waals surface area contributed by atoms with Crippen LogP contribution in [0.5, 0.6) is 0 Å². The molecule has 0 atom stereocenters. The van der Waals surface area contributed by atoms with Crippen LogP contribution < -0.4 is 0 Å². The Labute approximate surface area is 266 Å². The molecule has 0 aliphatic rings. The van der Waals surface area contributed by atoms with Crippen molar-refractivity contribution in [3.8, 4) is 0 Å². The second kappa shape index (κ2) is 15.6. The summed E-state index contributed by atoms with van der Waals surface area (Å²) >= 11 is 0. The van der Waals surface area contributed by atoms with Crippen LogP contribution in [0.4, 0.5) is 0 Å². The molecule has 0 amide bonds. The molecule has 0 unspecified atom stereocenters. The van der Waals surface area contributed by atoms with E-state index in [0.29, 0.717) is 0 Å². The van der Waals surface area contributed by atoms with Gasteiger partial charge in [0.25, 0.3) is 0 Å². The number of benzene rings is 4. The summed E-state index contributed by atoms with van der Waals surface area (Å²) in [5.41, 5.74) is 9.02. The highest BCUT2D eigenvalue weighted by atomic mass is 15.0. The Kier molecular flexibility index (Phi) is 11.9. The first-order chi connectivity index (χ1) is 21.4. The van der Waals surface area contributed by atoms with Gasteiger partial charge in [0, 0.05) is 19.3 Å². The van der Waals surface area contributed by atoms with Crippen molar-refractivity contribution in [3.63, 3.8) is 0 Å². The van der Waals surface area contributed by atoms with Crippen molar-refractivity contribution >= 4 is 32.3 Å². The lowest BCUT2D eigenvalue weighted by atomic mass is 9.85. The van der Waals surface area contributed by atoms with E-state index >= 15 is 0 Å². The average molecular weight is 590 g/mol. The molecule has 0 saturated carbocycles. The number of rotatable bonds is 11. The normalized spacial score (nSPS) is 11.4. The van der Waals surface area contributed by atoms with Gasteiger partial charge in [-0.1, -0.05) is 98.7 Å². The van der Waals surface area contributed by atoms with E-state index in [1.807, 2.05) is 0 Å². The smallest absolute Gasteiger partial charge is 0.132 e. The minimum atomic E-state index is 0.899. The van der Waals surface area contributed by atoms with E-state index in [0.717, 1.165) is 88.1 Å². The van der Waals surface area contributed by atoms with E-state index in [1.165, 1.54) is 65.7 Å².